The number of carbonyl (C=O) groups excluding carboxylic acids is 1. The van der Waals surface area contributed by atoms with Gasteiger partial charge >= 0.3 is 0 Å². The summed E-state index contributed by atoms with van der Waals surface area (Å²) in [6.07, 6.45) is 7.79. The van der Waals surface area contributed by atoms with E-state index in [9.17, 15) is 10.1 Å². The molecule has 0 heterocycles. The van der Waals surface area contributed by atoms with Crippen LogP contribution in [0.3, 0.4) is 0 Å². The van der Waals surface area contributed by atoms with E-state index in [1.165, 1.54) is 32.1 Å². The van der Waals surface area contributed by atoms with Crippen molar-refractivity contribution in [2.75, 3.05) is 0 Å². The number of rotatable bonds is 3. The van der Waals surface area contributed by atoms with Gasteiger partial charge in [-0.15, -0.1) is 0 Å². The van der Waals surface area contributed by atoms with Crippen LogP contribution in [-0.2, 0) is 4.79 Å². The largest absolute Gasteiger partial charge is 0.352 e. The Hall–Kier alpha value is -1.04. The first-order valence-corrected chi connectivity index (χ1v) is 7.29. The van der Waals surface area contributed by atoms with E-state index in [1.807, 2.05) is 0 Å². The third-order valence-corrected chi connectivity index (χ3v) is 4.76. The molecule has 0 radical (unpaired) electrons. The third kappa shape index (κ3) is 2.53. The van der Waals surface area contributed by atoms with Crippen molar-refractivity contribution in [1.82, 2.24) is 5.32 Å². The standard InChI is InChI=1S/C15H24N2O/c1-11-8-15(9-11,10-16)14(18)17-12(2)13-6-4-3-5-7-13/h11-13H,3-9H2,1-2H3,(H,17,18). The molecule has 3 heteroatoms. The van der Waals surface area contributed by atoms with E-state index in [-0.39, 0.29) is 11.9 Å². The van der Waals surface area contributed by atoms with Crippen molar-refractivity contribution in [2.45, 2.75) is 64.8 Å². The van der Waals surface area contributed by atoms with Crippen LogP contribution >= 0.6 is 0 Å². The number of hydrogen-bond donors (Lipinski definition) is 1. The fourth-order valence-electron chi connectivity index (χ4n) is 3.55. The lowest BCUT2D eigenvalue weighted by Crippen LogP contribution is -2.52. The van der Waals surface area contributed by atoms with Crippen molar-refractivity contribution in [2.24, 2.45) is 17.3 Å². The Morgan fingerprint density at radius 1 is 1.33 bits per heavy atom. The fourth-order valence-corrected chi connectivity index (χ4v) is 3.55. The van der Waals surface area contributed by atoms with Gasteiger partial charge in [0.15, 0.2) is 0 Å². The molecular formula is C15H24N2O. The number of nitriles is 1. The molecule has 2 rings (SSSR count). The van der Waals surface area contributed by atoms with Gasteiger partial charge in [0.25, 0.3) is 0 Å². The van der Waals surface area contributed by atoms with E-state index < -0.39 is 5.41 Å². The van der Waals surface area contributed by atoms with Crippen molar-refractivity contribution in [3.05, 3.63) is 0 Å². The molecule has 1 amide bonds. The monoisotopic (exact) mass is 248 g/mol. The summed E-state index contributed by atoms with van der Waals surface area (Å²) in [6.45, 7) is 4.20. The molecule has 2 saturated carbocycles. The average Bonchev–Trinajstić information content (AvgIpc) is 2.35. The van der Waals surface area contributed by atoms with Crippen molar-refractivity contribution in [1.29, 1.82) is 5.26 Å². The number of amides is 1. The molecule has 100 valence electrons. The first-order chi connectivity index (χ1) is 8.57. The molecular weight excluding hydrogens is 224 g/mol. The smallest absolute Gasteiger partial charge is 0.240 e. The van der Waals surface area contributed by atoms with Gasteiger partial charge < -0.3 is 5.32 Å². The van der Waals surface area contributed by atoms with Crippen molar-refractivity contribution in [3.63, 3.8) is 0 Å². The predicted octanol–water partition coefficient (Wildman–Crippen LogP) is 3.01. The van der Waals surface area contributed by atoms with E-state index in [0.717, 1.165) is 12.8 Å². The lowest BCUT2D eigenvalue weighted by atomic mass is 9.63. The maximum absolute atomic E-state index is 12.2. The molecule has 0 aromatic heterocycles. The molecule has 0 aromatic rings. The lowest BCUT2D eigenvalue weighted by Gasteiger charge is -2.40. The van der Waals surface area contributed by atoms with Gasteiger partial charge in [0.1, 0.15) is 5.41 Å². The molecule has 3 nitrogen and oxygen atoms in total. The van der Waals surface area contributed by atoms with Gasteiger partial charge in [0.2, 0.25) is 5.91 Å². The van der Waals surface area contributed by atoms with Gasteiger partial charge in [0.05, 0.1) is 6.07 Å². The minimum absolute atomic E-state index is 0.0267. The minimum atomic E-state index is -0.720. The lowest BCUT2D eigenvalue weighted by molar-refractivity contribution is -0.135. The number of nitrogens with one attached hydrogen (secondary N) is 1. The summed E-state index contributed by atoms with van der Waals surface area (Å²) < 4.78 is 0. The maximum Gasteiger partial charge on any atom is 0.240 e. The summed E-state index contributed by atoms with van der Waals surface area (Å²) in [5, 5.41) is 12.3. The highest BCUT2D eigenvalue weighted by Gasteiger charge is 2.49. The van der Waals surface area contributed by atoms with Gasteiger partial charge in [-0.1, -0.05) is 26.2 Å². The Balaban J connectivity index is 1.88. The summed E-state index contributed by atoms with van der Waals surface area (Å²) in [6, 6.07) is 2.46. The van der Waals surface area contributed by atoms with E-state index in [4.69, 9.17) is 0 Å². The molecule has 2 aliphatic rings. The molecule has 2 aliphatic carbocycles. The third-order valence-electron chi connectivity index (χ3n) is 4.76. The van der Waals surface area contributed by atoms with Crippen molar-refractivity contribution in [3.8, 4) is 6.07 Å². The van der Waals surface area contributed by atoms with Crippen LogP contribution in [0.15, 0.2) is 0 Å². The van der Waals surface area contributed by atoms with E-state index in [1.54, 1.807) is 0 Å². The molecule has 1 unspecified atom stereocenters. The van der Waals surface area contributed by atoms with Gasteiger partial charge in [-0.25, -0.2) is 0 Å². The van der Waals surface area contributed by atoms with Crippen molar-refractivity contribution >= 4 is 5.91 Å². The van der Waals surface area contributed by atoms with Gasteiger partial charge in [0, 0.05) is 6.04 Å². The summed E-state index contributed by atoms with van der Waals surface area (Å²) >= 11 is 0. The van der Waals surface area contributed by atoms with Gasteiger partial charge in [-0.3, -0.25) is 4.79 Å². The molecule has 0 saturated heterocycles. The highest BCUT2D eigenvalue weighted by Crippen LogP contribution is 2.45. The van der Waals surface area contributed by atoms with Crippen LogP contribution in [0, 0.1) is 28.6 Å². The zero-order chi connectivity index (χ0) is 13.2. The Kier molecular flexibility index (Phi) is 3.94. The first-order valence-electron chi connectivity index (χ1n) is 7.29. The first kappa shape index (κ1) is 13.4. The summed E-state index contributed by atoms with van der Waals surface area (Å²) in [5.74, 6) is 1.09. The molecule has 0 spiro atoms. The molecule has 0 aromatic carbocycles. The van der Waals surface area contributed by atoms with Gasteiger partial charge in [-0.05, 0) is 44.4 Å². The molecule has 0 bridgehead atoms. The van der Waals surface area contributed by atoms with Crippen LogP contribution in [0.1, 0.15) is 58.8 Å². The number of hydrogen-bond acceptors (Lipinski definition) is 2. The maximum atomic E-state index is 12.2. The van der Waals surface area contributed by atoms with E-state index in [0.29, 0.717) is 11.8 Å². The average molecular weight is 248 g/mol. The van der Waals surface area contributed by atoms with E-state index in [2.05, 4.69) is 25.2 Å². The molecule has 2 fully saturated rings. The zero-order valence-electron chi connectivity index (χ0n) is 11.5. The summed E-state index contributed by atoms with van der Waals surface area (Å²) in [7, 11) is 0. The van der Waals surface area contributed by atoms with Crippen LogP contribution in [0.4, 0.5) is 0 Å². The summed E-state index contributed by atoms with van der Waals surface area (Å²) in [4.78, 5) is 12.2. The predicted molar refractivity (Wildman–Crippen MR) is 70.6 cm³/mol. The Morgan fingerprint density at radius 2 is 1.94 bits per heavy atom. The topological polar surface area (TPSA) is 52.9 Å². The SMILES string of the molecule is CC1CC(C#N)(C(=O)NC(C)C2CCCCC2)C1. The quantitative estimate of drug-likeness (QED) is 0.834. The van der Waals surface area contributed by atoms with Crippen molar-refractivity contribution < 1.29 is 4.79 Å². The summed E-state index contributed by atoms with van der Waals surface area (Å²) in [5.41, 5.74) is -0.720. The Labute approximate surface area is 110 Å². The van der Waals surface area contributed by atoms with Gasteiger partial charge in [-0.2, -0.15) is 5.26 Å². The zero-order valence-corrected chi connectivity index (χ0v) is 11.5. The molecule has 18 heavy (non-hydrogen) atoms. The Bertz CT molecular complexity index is 346. The van der Waals surface area contributed by atoms with E-state index >= 15 is 0 Å². The second kappa shape index (κ2) is 5.30. The van der Waals surface area contributed by atoms with Crippen LogP contribution in [0.5, 0.6) is 0 Å². The highest BCUT2D eigenvalue weighted by atomic mass is 16.2. The minimum Gasteiger partial charge on any atom is -0.352 e. The number of nitrogens with zero attached hydrogens (tertiary/aromatic N) is 1. The normalized spacial score (nSPS) is 34.2. The second-order valence-corrected chi connectivity index (χ2v) is 6.37. The van der Waals surface area contributed by atoms with Crippen LogP contribution in [-0.4, -0.2) is 11.9 Å². The molecule has 1 atom stereocenters. The fraction of sp³-hybridized carbons (Fsp3) is 0.867. The highest BCUT2D eigenvalue weighted by molar-refractivity contribution is 5.86. The Morgan fingerprint density at radius 3 is 2.44 bits per heavy atom. The molecule has 1 N–H and O–H groups in total. The molecule has 0 aliphatic heterocycles. The second-order valence-electron chi connectivity index (χ2n) is 6.37. The van der Waals surface area contributed by atoms with Crippen LogP contribution in [0.25, 0.3) is 0 Å². The van der Waals surface area contributed by atoms with Crippen LogP contribution < -0.4 is 5.32 Å². The number of carbonyl (C=O) groups is 1. The van der Waals surface area contributed by atoms with Crippen LogP contribution in [0.2, 0.25) is 0 Å².